The van der Waals surface area contributed by atoms with Crippen LogP contribution in [0.5, 0.6) is 0 Å². The van der Waals surface area contributed by atoms with Crippen molar-refractivity contribution in [3.63, 3.8) is 0 Å². The highest BCUT2D eigenvalue weighted by atomic mass is 79.9. The summed E-state index contributed by atoms with van der Waals surface area (Å²) < 4.78 is 1.11. The molecule has 1 aliphatic rings. The largest absolute Gasteiger partial charge is 1.00 e. The first kappa shape index (κ1) is 16.7. The second kappa shape index (κ2) is 6.75. The molecule has 4 rings (SSSR count). The first-order valence-electron chi connectivity index (χ1n) is 7.51. The van der Waals surface area contributed by atoms with E-state index in [9.17, 15) is 0 Å². The molecule has 3 nitrogen and oxygen atoms in total. The lowest BCUT2D eigenvalue weighted by atomic mass is 9.97. The quantitative estimate of drug-likeness (QED) is 0.706. The summed E-state index contributed by atoms with van der Waals surface area (Å²) in [5.41, 5.74) is 3.74. The molecule has 0 spiro atoms. The van der Waals surface area contributed by atoms with Crippen LogP contribution >= 0.6 is 27.3 Å². The lowest BCUT2D eigenvalue weighted by Gasteiger charge is -2.13. The summed E-state index contributed by atoms with van der Waals surface area (Å²) in [4.78, 5) is 11.6. The Hall–Kier alpha value is -1.17. The number of aromatic nitrogens is 2. The number of nitrogens with zero attached hydrogens (tertiary/aromatic N) is 2. The Morgan fingerprint density at radius 2 is 2.00 bits per heavy atom. The highest BCUT2D eigenvalue weighted by Gasteiger charge is 2.19. The smallest absolute Gasteiger partial charge is 0.142 e. The summed E-state index contributed by atoms with van der Waals surface area (Å²) in [6.45, 7) is 2.09. The monoisotopic (exact) mass is 408 g/mol. The summed E-state index contributed by atoms with van der Waals surface area (Å²) in [6.07, 6.45) is 6.56. The first-order chi connectivity index (χ1) is 10.7. The van der Waals surface area contributed by atoms with Gasteiger partial charge in [-0.05, 0) is 55.9 Å². The molecule has 0 bridgehead atoms. The standard InChI is InChI=1S/C17H16BrN3S.ClH/c1-10-6-7-11(8-13(10)18)21-16-15-12-4-2-3-5-14(12)22-17(15)20-9-19-16;/h6-9H,2-5H2,1H3,(H,19,20,21);1H/p-1. The van der Waals surface area contributed by atoms with Gasteiger partial charge in [-0.2, -0.15) is 0 Å². The Bertz CT molecular complexity index is 862. The fourth-order valence-electron chi connectivity index (χ4n) is 2.99. The third kappa shape index (κ3) is 3.10. The van der Waals surface area contributed by atoms with Crippen LogP contribution in [0.3, 0.4) is 0 Å². The van der Waals surface area contributed by atoms with Crippen molar-refractivity contribution in [3.8, 4) is 0 Å². The van der Waals surface area contributed by atoms with Gasteiger partial charge in [-0.1, -0.05) is 22.0 Å². The molecule has 120 valence electrons. The van der Waals surface area contributed by atoms with E-state index in [1.165, 1.54) is 40.7 Å². The average molecular weight is 410 g/mol. The summed E-state index contributed by atoms with van der Waals surface area (Å²) in [6, 6.07) is 6.29. The zero-order chi connectivity index (χ0) is 15.1. The van der Waals surface area contributed by atoms with E-state index in [-0.39, 0.29) is 12.4 Å². The maximum atomic E-state index is 4.50. The minimum Gasteiger partial charge on any atom is -1.00 e. The van der Waals surface area contributed by atoms with Crippen molar-refractivity contribution in [2.45, 2.75) is 32.6 Å². The van der Waals surface area contributed by atoms with E-state index in [2.05, 4.69) is 56.3 Å². The molecule has 0 saturated carbocycles. The molecule has 1 aromatic carbocycles. The highest BCUT2D eigenvalue weighted by Crippen LogP contribution is 2.39. The number of hydrogen-bond acceptors (Lipinski definition) is 4. The van der Waals surface area contributed by atoms with Crippen LogP contribution in [0.2, 0.25) is 0 Å². The molecular weight excluding hydrogens is 394 g/mol. The van der Waals surface area contributed by atoms with Crippen LogP contribution in [0.15, 0.2) is 29.0 Å². The number of rotatable bonds is 2. The Kier molecular flexibility index (Phi) is 4.90. The van der Waals surface area contributed by atoms with Gasteiger partial charge in [-0.15, -0.1) is 11.3 Å². The molecule has 0 atom stereocenters. The third-order valence-corrected chi connectivity index (χ3v) is 6.24. The van der Waals surface area contributed by atoms with Crippen LogP contribution < -0.4 is 17.7 Å². The van der Waals surface area contributed by atoms with Gasteiger partial charge in [0.05, 0.1) is 5.39 Å². The van der Waals surface area contributed by atoms with Crippen LogP contribution in [-0.4, -0.2) is 9.97 Å². The van der Waals surface area contributed by atoms with Crippen LogP contribution in [0, 0.1) is 6.92 Å². The SMILES string of the molecule is Cc1ccc(Nc2ncnc3sc4c(c23)CCCC4)cc1Br.[Cl-]. The lowest BCUT2D eigenvalue weighted by molar-refractivity contribution is -0.00000434. The van der Waals surface area contributed by atoms with E-state index >= 15 is 0 Å². The Balaban J connectivity index is 0.00000156. The molecule has 0 amide bonds. The predicted molar refractivity (Wildman–Crippen MR) is 96.2 cm³/mol. The molecule has 0 saturated heterocycles. The lowest BCUT2D eigenvalue weighted by Crippen LogP contribution is -3.00. The summed E-state index contributed by atoms with van der Waals surface area (Å²) >= 11 is 5.42. The van der Waals surface area contributed by atoms with E-state index in [1.54, 1.807) is 6.33 Å². The maximum Gasteiger partial charge on any atom is 0.142 e. The van der Waals surface area contributed by atoms with Crippen LogP contribution in [0.25, 0.3) is 10.2 Å². The number of benzene rings is 1. The van der Waals surface area contributed by atoms with E-state index < -0.39 is 0 Å². The van der Waals surface area contributed by atoms with Gasteiger partial charge in [0.1, 0.15) is 17.0 Å². The van der Waals surface area contributed by atoms with Crippen LogP contribution in [0.1, 0.15) is 28.8 Å². The van der Waals surface area contributed by atoms with Crippen molar-refractivity contribution in [2.75, 3.05) is 5.32 Å². The van der Waals surface area contributed by atoms with Gasteiger partial charge in [-0.25, -0.2) is 9.97 Å². The molecule has 3 aromatic rings. The molecular formula is C17H16BrClN3S-. The number of nitrogens with one attached hydrogen (secondary N) is 1. The molecule has 0 unspecified atom stereocenters. The van der Waals surface area contributed by atoms with Crippen molar-refractivity contribution in [3.05, 3.63) is 45.0 Å². The fraction of sp³-hybridized carbons (Fsp3) is 0.294. The second-order valence-electron chi connectivity index (χ2n) is 5.70. The molecule has 0 fully saturated rings. The number of halogens is 2. The third-order valence-electron chi connectivity index (χ3n) is 4.19. The number of fused-ring (bicyclic) bond motifs is 3. The van der Waals surface area contributed by atoms with E-state index in [0.29, 0.717) is 0 Å². The minimum atomic E-state index is 0. The van der Waals surface area contributed by atoms with Crippen LogP contribution in [0.4, 0.5) is 11.5 Å². The van der Waals surface area contributed by atoms with Crippen molar-refractivity contribution >= 4 is 49.0 Å². The normalized spacial score (nSPS) is 13.5. The van der Waals surface area contributed by atoms with Gasteiger partial charge in [0.15, 0.2) is 0 Å². The summed E-state index contributed by atoms with van der Waals surface area (Å²) in [7, 11) is 0. The molecule has 0 radical (unpaired) electrons. The van der Waals surface area contributed by atoms with Crippen molar-refractivity contribution in [1.82, 2.24) is 9.97 Å². The Morgan fingerprint density at radius 1 is 1.17 bits per heavy atom. The van der Waals surface area contributed by atoms with Crippen molar-refractivity contribution in [2.24, 2.45) is 0 Å². The van der Waals surface area contributed by atoms with Gasteiger partial charge in [0, 0.05) is 15.0 Å². The number of thiophene rings is 1. The molecule has 0 aliphatic heterocycles. The van der Waals surface area contributed by atoms with Gasteiger partial charge in [0.2, 0.25) is 0 Å². The topological polar surface area (TPSA) is 37.8 Å². The molecule has 6 heteroatoms. The molecule has 1 N–H and O–H groups in total. The van der Waals surface area contributed by atoms with E-state index in [0.717, 1.165) is 27.2 Å². The number of hydrogen-bond donors (Lipinski definition) is 1. The second-order valence-corrected chi connectivity index (χ2v) is 7.64. The highest BCUT2D eigenvalue weighted by molar-refractivity contribution is 9.10. The molecule has 2 aromatic heterocycles. The van der Waals surface area contributed by atoms with Gasteiger partial charge in [-0.3, -0.25) is 0 Å². The van der Waals surface area contributed by atoms with Gasteiger partial charge in [0.25, 0.3) is 0 Å². The fourth-order valence-corrected chi connectivity index (χ4v) is 4.60. The molecule has 2 heterocycles. The van der Waals surface area contributed by atoms with E-state index in [4.69, 9.17) is 0 Å². The van der Waals surface area contributed by atoms with Crippen molar-refractivity contribution < 1.29 is 12.4 Å². The zero-order valence-electron chi connectivity index (χ0n) is 12.7. The molecule has 23 heavy (non-hydrogen) atoms. The van der Waals surface area contributed by atoms with Crippen molar-refractivity contribution in [1.29, 1.82) is 0 Å². The average Bonchev–Trinajstić information content (AvgIpc) is 2.90. The molecule has 1 aliphatic carbocycles. The van der Waals surface area contributed by atoms with Gasteiger partial charge >= 0.3 is 0 Å². The summed E-state index contributed by atoms with van der Waals surface area (Å²) in [5.74, 6) is 0.931. The zero-order valence-corrected chi connectivity index (χ0v) is 15.9. The first-order valence-corrected chi connectivity index (χ1v) is 9.12. The van der Waals surface area contributed by atoms with Crippen LogP contribution in [-0.2, 0) is 12.8 Å². The summed E-state index contributed by atoms with van der Waals surface area (Å²) in [5, 5.41) is 4.70. The Labute approximate surface area is 154 Å². The maximum absolute atomic E-state index is 4.50. The number of anilines is 2. The minimum absolute atomic E-state index is 0. The predicted octanol–water partition coefficient (Wildman–Crippen LogP) is 2.39. The Morgan fingerprint density at radius 3 is 2.83 bits per heavy atom. The van der Waals surface area contributed by atoms with E-state index in [1.807, 2.05) is 11.3 Å². The number of aryl methyl sites for hydroxylation is 3. The van der Waals surface area contributed by atoms with Gasteiger partial charge < -0.3 is 17.7 Å².